The molecule has 2 spiro atoms. The largest absolute Gasteiger partial charge is 0.481 e. The highest BCUT2D eigenvalue weighted by Crippen LogP contribution is 2.93. The number of rotatable bonds is 1. The van der Waals surface area contributed by atoms with E-state index >= 15 is 0 Å². The van der Waals surface area contributed by atoms with Gasteiger partial charge in [-0.25, -0.2) is 0 Å². The van der Waals surface area contributed by atoms with Crippen LogP contribution in [-0.4, -0.2) is 11.1 Å². The molecule has 2 nitrogen and oxygen atoms in total. The number of carbonyl (C=O) groups is 1. The zero-order chi connectivity index (χ0) is 16.1. The Bertz CT molecular complexity index is 743. The van der Waals surface area contributed by atoms with E-state index in [2.05, 4.69) is 0 Å². The Balaban J connectivity index is 1.37. The van der Waals surface area contributed by atoms with Crippen LogP contribution >= 0.6 is 0 Å². The predicted molar refractivity (Wildman–Crippen MR) is 90.3 cm³/mol. The minimum atomic E-state index is -0.409. The summed E-state index contributed by atoms with van der Waals surface area (Å²) in [6.45, 7) is 0. The van der Waals surface area contributed by atoms with E-state index in [9.17, 15) is 9.90 Å². The lowest BCUT2D eigenvalue weighted by Gasteiger charge is -2.91. The molecular formula is C23H28O2. The lowest BCUT2D eigenvalue weighted by Crippen LogP contribution is -2.86. The third kappa shape index (κ3) is 0.920. The van der Waals surface area contributed by atoms with Gasteiger partial charge in [-0.3, -0.25) is 4.79 Å². The quantitative estimate of drug-likeness (QED) is 0.784. The molecule has 0 saturated heterocycles. The topological polar surface area (TPSA) is 37.3 Å². The van der Waals surface area contributed by atoms with Gasteiger partial charge >= 0.3 is 5.97 Å². The van der Waals surface area contributed by atoms with Gasteiger partial charge in [-0.1, -0.05) is 0 Å². The molecule has 13 saturated carbocycles. The van der Waals surface area contributed by atoms with E-state index in [1.54, 1.807) is 25.7 Å². The highest BCUT2D eigenvalue weighted by molar-refractivity contribution is 5.76. The van der Waals surface area contributed by atoms with Gasteiger partial charge in [-0.05, 0) is 127 Å². The monoisotopic (exact) mass is 336 g/mol. The standard InChI is InChI=1S/C23H28O2/c24-20(25)21-4-14-13-6-22-3-9-1-10-12-7-23(8-21,18(14)16(10)22)19(15(13)5-21)17(22)11(12)2-9/h9-19H,1-8H2,(H,24,25). The van der Waals surface area contributed by atoms with Crippen LogP contribution in [0.15, 0.2) is 0 Å². The molecule has 25 heavy (non-hydrogen) atoms. The highest BCUT2D eigenvalue weighted by Gasteiger charge is 2.88. The first-order valence-electron chi connectivity index (χ1n) is 11.3. The van der Waals surface area contributed by atoms with Crippen molar-refractivity contribution in [1.29, 1.82) is 0 Å². The van der Waals surface area contributed by atoms with E-state index < -0.39 is 5.97 Å². The fraction of sp³-hybridized carbons (Fsp3) is 0.957. The van der Waals surface area contributed by atoms with Crippen molar-refractivity contribution < 1.29 is 9.90 Å². The summed E-state index contributed by atoms with van der Waals surface area (Å²) < 4.78 is 0. The first-order chi connectivity index (χ1) is 12.1. The van der Waals surface area contributed by atoms with Crippen molar-refractivity contribution in [2.75, 3.05) is 0 Å². The van der Waals surface area contributed by atoms with Gasteiger partial charge in [0.15, 0.2) is 0 Å². The van der Waals surface area contributed by atoms with E-state index in [4.69, 9.17) is 0 Å². The second-order valence-electron chi connectivity index (χ2n) is 12.7. The Labute approximate surface area is 149 Å². The molecule has 0 amide bonds. The SMILES string of the molecule is O=C(O)C12CC3C4CC56CC7CC8C9CC(C1)(C3C85)C(C4C2)C6C9C7. The number of carboxylic acids is 1. The molecule has 0 aromatic heterocycles. The van der Waals surface area contributed by atoms with E-state index in [1.807, 2.05) is 0 Å². The molecule has 13 aliphatic carbocycles. The van der Waals surface area contributed by atoms with E-state index in [0.29, 0.717) is 5.41 Å². The van der Waals surface area contributed by atoms with Crippen molar-refractivity contribution in [1.82, 2.24) is 0 Å². The first kappa shape index (κ1) is 12.8. The summed E-state index contributed by atoms with van der Waals surface area (Å²) in [5.41, 5.74) is 0.971. The fourth-order valence-electron chi connectivity index (χ4n) is 13.8. The second-order valence-corrected chi connectivity index (χ2v) is 12.7. The van der Waals surface area contributed by atoms with Gasteiger partial charge in [0.2, 0.25) is 0 Å². The Morgan fingerprint density at radius 1 is 0.680 bits per heavy atom. The summed E-state index contributed by atoms with van der Waals surface area (Å²) >= 11 is 0. The van der Waals surface area contributed by atoms with Gasteiger partial charge in [0.05, 0.1) is 5.41 Å². The molecule has 13 aliphatic rings. The Morgan fingerprint density at radius 2 is 1.24 bits per heavy atom. The van der Waals surface area contributed by atoms with Crippen molar-refractivity contribution in [2.45, 2.75) is 51.4 Å². The van der Waals surface area contributed by atoms with Crippen LogP contribution in [0.2, 0.25) is 0 Å². The van der Waals surface area contributed by atoms with E-state index in [-0.39, 0.29) is 5.41 Å². The normalized spacial score (nSPS) is 79.1. The molecule has 8 atom stereocenters. The average Bonchev–Trinajstić information content (AvgIpc) is 2.59. The number of carboxylic acid groups (broad SMARTS) is 1. The molecule has 0 radical (unpaired) electrons. The van der Waals surface area contributed by atoms with Crippen LogP contribution in [0.1, 0.15) is 51.4 Å². The van der Waals surface area contributed by atoms with Crippen LogP contribution in [0.5, 0.6) is 0 Å². The lowest BCUT2D eigenvalue weighted by molar-refractivity contribution is -0.438. The second kappa shape index (κ2) is 3.14. The fourth-order valence-corrected chi connectivity index (χ4v) is 13.8. The van der Waals surface area contributed by atoms with Gasteiger partial charge in [0.25, 0.3) is 0 Å². The molecule has 13 rings (SSSR count). The van der Waals surface area contributed by atoms with Crippen LogP contribution in [0.25, 0.3) is 0 Å². The number of hydrogen-bond donors (Lipinski definition) is 1. The Hall–Kier alpha value is -0.530. The average molecular weight is 336 g/mol. The van der Waals surface area contributed by atoms with E-state index in [0.717, 1.165) is 89.8 Å². The summed E-state index contributed by atoms with van der Waals surface area (Å²) in [5, 5.41) is 10.2. The third-order valence-electron chi connectivity index (χ3n) is 13.0. The lowest BCUT2D eigenvalue weighted by atomic mass is 9.13. The summed E-state index contributed by atoms with van der Waals surface area (Å²) in [4.78, 5) is 12.4. The van der Waals surface area contributed by atoms with Gasteiger partial charge in [-0.15, -0.1) is 0 Å². The number of aliphatic carboxylic acids is 1. The van der Waals surface area contributed by atoms with Gasteiger partial charge in [0.1, 0.15) is 0 Å². The maximum atomic E-state index is 12.4. The first-order valence-corrected chi connectivity index (χ1v) is 11.3. The van der Waals surface area contributed by atoms with Gasteiger partial charge < -0.3 is 5.11 Å². The molecular weight excluding hydrogens is 308 g/mol. The minimum absolute atomic E-state index is 0.299. The molecule has 8 unspecified atom stereocenters. The summed E-state index contributed by atoms with van der Waals surface area (Å²) in [6, 6.07) is 0. The highest BCUT2D eigenvalue weighted by atomic mass is 16.4. The molecule has 2 heteroatoms. The molecule has 0 aliphatic heterocycles. The summed E-state index contributed by atoms with van der Waals surface area (Å²) in [6.07, 6.45) is 11.0. The summed E-state index contributed by atoms with van der Waals surface area (Å²) in [7, 11) is 0. The predicted octanol–water partition coefficient (Wildman–Crippen LogP) is 4.05. The molecule has 132 valence electrons. The van der Waals surface area contributed by atoms with Crippen LogP contribution in [-0.2, 0) is 4.79 Å². The summed E-state index contributed by atoms with van der Waals surface area (Å²) in [5.74, 6) is 10.5. The maximum absolute atomic E-state index is 12.4. The van der Waals surface area contributed by atoms with Crippen LogP contribution in [0, 0.1) is 81.3 Å². The van der Waals surface area contributed by atoms with Crippen LogP contribution in [0.3, 0.4) is 0 Å². The van der Waals surface area contributed by atoms with Gasteiger partial charge in [0, 0.05) is 0 Å². The smallest absolute Gasteiger partial charge is 0.309 e. The van der Waals surface area contributed by atoms with Crippen molar-refractivity contribution in [2.24, 2.45) is 81.3 Å². The van der Waals surface area contributed by atoms with Crippen LogP contribution < -0.4 is 0 Å². The zero-order valence-electron chi connectivity index (χ0n) is 14.9. The Morgan fingerprint density at radius 3 is 1.88 bits per heavy atom. The van der Waals surface area contributed by atoms with Crippen molar-refractivity contribution in [3.8, 4) is 0 Å². The van der Waals surface area contributed by atoms with E-state index in [1.165, 1.54) is 6.42 Å². The van der Waals surface area contributed by atoms with Crippen molar-refractivity contribution in [3.63, 3.8) is 0 Å². The van der Waals surface area contributed by atoms with Crippen molar-refractivity contribution >= 4 is 5.97 Å². The van der Waals surface area contributed by atoms with Gasteiger partial charge in [-0.2, -0.15) is 0 Å². The molecule has 0 heterocycles. The molecule has 0 aromatic carbocycles. The Kier molecular flexibility index (Phi) is 1.60. The number of hydrogen-bond acceptors (Lipinski definition) is 1. The molecule has 14 bridgehead atoms. The van der Waals surface area contributed by atoms with Crippen LogP contribution in [0.4, 0.5) is 0 Å². The third-order valence-corrected chi connectivity index (χ3v) is 13.0. The molecule has 13 fully saturated rings. The van der Waals surface area contributed by atoms with Crippen molar-refractivity contribution in [3.05, 3.63) is 0 Å². The molecule has 1 N–H and O–H groups in total. The molecule has 0 aromatic rings. The zero-order valence-corrected chi connectivity index (χ0v) is 14.9. The maximum Gasteiger partial charge on any atom is 0.309 e. The minimum Gasteiger partial charge on any atom is -0.481 e.